The number of nitrogens with one attached hydrogen (secondary N) is 1. The second-order valence-electron chi connectivity index (χ2n) is 7.35. The minimum Gasteiger partial charge on any atom is -0.495 e. The molecule has 0 bridgehead atoms. The lowest BCUT2D eigenvalue weighted by molar-refractivity contribution is -0.138. The minimum absolute atomic E-state index is 0.0538. The van der Waals surface area contributed by atoms with Crippen molar-refractivity contribution < 1.29 is 24.2 Å². The van der Waals surface area contributed by atoms with E-state index in [1.807, 2.05) is 12.1 Å². The highest BCUT2D eigenvalue weighted by atomic mass is 35.5. The average molecular weight is 408 g/mol. The first kappa shape index (κ1) is 18.9. The zero-order valence-electron chi connectivity index (χ0n) is 15.4. The molecule has 2 amide bonds. The second-order valence-corrected chi connectivity index (χ2v) is 7.73. The molecule has 1 aromatic rings. The number of carboxylic acid groups (broad SMARTS) is 1. The van der Waals surface area contributed by atoms with Crippen molar-refractivity contribution in [2.75, 3.05) is 20.2 Å². The molecule has 1 aliphatic carbocycles. The van der Waals surface area contributed by atoms with E-state index in [1.165, 1.54) is 17.3 Å². The van der Waals surface area contributed by atoms with E-state index in [0.717, 1.165) is 12.8 Å². The van der Waals surface area contributed by atoms with E-state index in [0.29, 0.717) is 41.4 Å². The van der Waals surface area contributed by atoms with E-state index >= 15 is 0 Å². The number of likely N-dealkylation sites (tertiary alicyclic amines) is 1. The van der Waals surface area contributed by atoms with Gasteiger partial charge in [-0.05, 0) is 42.9 Å². The Hall–Kier alpha value is -2.45. The minimum atomic E-state index is -1.01. The molecule has 3 aliphatic rings. The second kappa shape index (κ2) is 7.52. The summed E-state index contributed by atoms with van der Waals surface area (Å²) in [5.41, 5.74) is 2.67. The van der Waals surface area contributed by atoms with E-state index in [4.69, 9.17) is 26.2 Å². The number of halogens is 1. The predicted molar refractivity (Wildman–Crippen MR) is 101 cm³/mol. The van der Waals surface area contributed by atoms with Crippen LogP contribution in [-0.2, 0) is 4.79 Å². The number of carboxylic acids is 1. The van der Waals surface area contributed by atoms with Crippen LogP contribution >= 0.6 is 11.6 Å². The first-order chi connectivity index (χ1) is 13.5. The maximum atomic E-state index is 12.6. The molecule has 1 saturated heterocycles. The Balaban J connectivity index is 1.32. The predicted octanol–water partition coefficient (Wildman–Crippen LogP) is 2.34. The van der Waals surface area contributed by atoms with Crippen molar-refractivity contribution in [1.29, 1.82) is 0 Å². The number of carbonyl (C=O) groups excluding carboxylic acids is 1. The lowest BCUT2D eigenvalue weighted by atomic mass is 10.0. The molecular formula is C19H22ClN3O5. The van der Waals surface area contributed by atoms with Gasteiger partial charge in [0.2, 0.25) is 0 Å². The van der Waals surface area contributed by atoms with E-state index in [2.05, 4.69) is 5.43 Å². The normalized spacial score (nSPS) is 28.5. The van der Waals surface area contributed by atoms with Gasteiger partial charge in [-0.15, -0.1) is 0 Å². The molecule has 2 unspecified atom stereocenters. The van der Waals surface area contributed by atoms with Gasteiger partial charge in [0.15, 0.2) is 0 Å². The number of ether oxygens (including phenoxy) is 2. The van der Waals surface area contributed by atoms with Gasteiger partial charge in [0.05, 0.1) is 13.2 Å². The fourth-order valence-corrected chi connectivity index (χ4v) is 4.48. The van der Waals surface area contributed by atoms with Gasteiger partial charge in [-0.3, -0.25) is 4.79 Å². The lowest BCUT2D eigenvalue weighted by Gasteiger charge is -2.25. The Bertz CT molecular complexity index is 803. The standard InChI is InChI=1S/C19H22ClN3O5/c1-27-15-3-2-4-16(17(15)20)28-13-7-11-9-22(10-12(11)8-13)19(26)23-6-5-14(21-23)18(24)25/h2-6,11-14,21H,7-10H2,1H3,(H,24,25)/t11-,12+,13?,14?. The molecule has 9 heteroatoms. The number of hydrogen-bond donors (Lipinski definition) is 2. The fourth-order valence-electron chi connectivity index (χ4n) is 4.23. The summed E-state index contributed by atoms with van der Waals surface area (Å²) in [4.78, 5) is 25.4. The topological polar surface area (TPSA) is 91.3 Å². The Labute approximate surface area is 167 Å². The number of benzene rings is 1. The van der Waals surface area contributed by atoms with Gasteiger partial charge < -0.3 is 19.5 Å². The Morgan fingerprint density at radius 2 is 1.89 bits per heavy atom. The van der Waals surface area contributed by atoms with E-state index in [-0.39, 0.29) is 12.1 Å². The smallest absolute Gasteiger partial charge is 0.338 e. The number of aliphatic carboxylic acids is 1. The SMILES string of the molecule is COc1cccc(OC2C[C@@H]3CN(C(=O)N4C=CC(C(=O)O)N4)C[C@@H]3C2)c1Cl. The summed E-state index contributed by atoms with van der Waals surface area (Å²) in [5, 5.41) is 10.7. The van der Waals surface area contributed by atoms with E-state index in [9.17, 15) is 9.59 Å². The average Bonchev–Trinajstić information content (AvgIpc) is 3.37. The third-order valence-corrected chi connectivity index (χ3v) is 5.97. The lowest BCUT2D eigenvalue weighted by Crippen LogP contribution is -2.48. The first-order valence-corrected chi connectivity index (χ1v) is 9.58. The molecule has 28 heavy (non-hydrogen) atoms. The molecule has 150 valence electrons. The van der Waals surface area contributed by atoms with Crippen molar-refractivity contribution in [2.45, 2.75) is 25.0 Å². The Morgan fingerprint density at radius 3 is 2.50 bits per heavy atom. The third kappa shape index (κ3) is 3.49. The zero-order chi connectivity index (χ0) is 19.8. The molecule has 0 radical (unpaired) electrons. The highest BCUT2D eigenvalue weighted by Crippen LogP contribution is 2.42. The van der Waals surface area contributed by atoms with Crippen LogP contribution in [0.4, 0.5) is 4.79 Å². The highest BCUT2D eigenvalue weighted by molar-refractivity contribution is 6.33. The monoisotopic (exact) mass is 407 g/mol. The molecule has 2 N–H and O–H groups in total. The molecule has 8 nitrogen and oxygen atoms in total. The van der Waals surface area contributed by atoms with Crippen LogP contribution in [0.15, 0.2) is 30.5 Å². The maximum absolute atomic E-state index is 12.6. The molecule has 0 aromatic heterocycles. The summed E-state index contributed by atoms with van der Waals surface area (Å²) >= 11 is 6.32. The summed E-state index contributed by atoms with van der Waals surface area (Å²) < 4.78 is 11.3. The fraction of sp³-hybridized carbons (Fsp3) is 0.474. The number of nitrogens with zero attached hydrogens (tertiary/aromatic N) is 2. The van der Waals surface area contributed by atoms with Crippen LogP contribution in [0.1, 0.15) is 12.8 Å². The molecule has 2 aliphatic heterocycles. The van der Waals surface area contributed by atoms with Crippen LogP contribution in [0.3, 0.4) is 0 Å². The van der Waals surface area contributed by atoms with Crippen LogP contribution in [0.2, 0.25) is 5.02 Å². The molecule has 1 saturated carbocycles. The highest BCUT2D eigenvalue weighted by Gasteiger charge is 2.44. The third-order valence-electron chi connectivity index (χ3n) is 5.60. The Kier molecular flexibility index (Phi) is 5.07. The summed E-state index contributed by atoms with van der Waals surface area (Å²) in [5.74, 6) is 0.909. The molecular weight excluding hydrogens is 386 g/mol. The number of carbonyl (C=O) groups is 2. The van der Waals surface area contributed by atoms with Gasteiger partial charge in [0.1, 0.15) is 22.6 Å². The van der Waals surface area contributed by atoms with Crippen LogP contribution in [0.5, 0.6) is 11.5 Å². The number of hydrazine groups is 1. The van der Waals surface area contributed by atoms with Crippen LogP contribution in [0.25, 0.3) is 0 Å². The van der Waals surface area contributed by atoms with Gasteiger partial charge in [0.25, 0.3) is 0 Å². The van der Waals surface area contributed by atoms with Crippen molar-refractivity contribution in [3.8, 4) is 11.5 Å². The van der Waals surface area contributed by atoms with Crippen molar-refractivity contribution in [1.82, 2.24) is 15.3 Å². The van der Waals surface area contributed by atoms with Crippen molar-refractivity contribution in [3.63, 3.8) is 0 Å². The number of rotatable bonds is 4. The summed E-state index contributed by atoms with van der Waals surface area (Å²) in [6.45, 7) is 1.28. The summed E-state index contributed by atoms with van der Waals surface area (Å²) in [7, 11) is 1.57. The number of fused-ring (bicyclic) bond motifs is 1. The van der Waals surface area contributed by atoms with Crippen molar-refractivity contribution in [3.05, 3.63) is 35.5 Å². The zero-order valence-corrected chi connectivity index (χ0v) is 16.1. The van der Waals surface area contributed by atoms with Crippen molar-refractivity contribution in [2.24, 2.45) is 11.8 Å². The summed E-state index contributed by atoms with van der Waals surface area (Å²) in [6.07, 6.45) is 4.69. The van der Waals surface area contributed by atoms with Gasteiger partial charge in [-0.25, -0.2) is 15.2 Å². The van der Waals surface area contributed by atoms with Gasteiger partial charge in [0, 0.05) is 19.3 Å². The number of amides is 2. The Morgan fingerprint density at radius 1 is 1.21 bits per heavy atom. The van der Waals surface area contributed by atoms with Crippen LogP contribution in [0, 0.1) is 11.8 Å². The van der Waals surface area contributed by atoms with Crippen LogP contribution < -0.4 is 14.9 Å². The largest absolute Gasteiger partial charge is 0.495 e. The molecule has 0 spiro atoms. The molecule has 2 heterocycles. The molecule has 1 aromatic carbocycles. The number of urea groups is 1. The number of methoxy groups -OCH3 is 1. The maximum Gasteiger partial charge on any atom is 0.338 e. The molecule has 4 rings (SSSR count). The van der Waals surface area contributed by atoms with Gasteiger partial charge in [-0.1, -0.05) is 17.7 Å². The molecule has 4 atom stereocenters. The number of hydrogen-bond acceptors (Lipinski definition) is 5. The van der Waals surface area contributed by atoms with Gasteiger partial charge >= 0.3 is 12.0 Å². The first-order valence-electron chi connectivity index (χ1n) is 9.21. The van der Waals surface area contributed by atoms with Gasteiger partial charge in [-0.2, -0.15) is 0 Å². The van der Waals surface area contributed by atoms with Crippen LogP contribution in [-0.4, -0.2) is 59.4 Å². The van der Waals surface area contributed by atoms with E-state index < -0.39 is 12.0 Å². The molecule has 2 fully saturated rings. The summed E-state index contributed by atoms with van der Waals surface area (Å²) in [6, 6.07) is 4.38. The van der Waals surface area contributed by atoms with E-state index in [1.54, 1.807) is 18.1 Å². The quantitative estimate of drug-likeness (QED) is 0.796. The van der Waals surface area contributed by atoms with Crippen molar-refractivity contribution >= 4 is 23.6 Å².